The third kappa shape index (κ3) is 6.07. The average molecular weight is 472 g/mol. The molecule has 0 saturated carbocycles. The first-order valence-corrected chi connectivity index (χ1v) is 10.5. The molecule has 1 aromatic rings. The van der Waals surface area contributed by atoms with Crippen LogP contribution in [0.25, 0.3) is 0 Å². The van der Waals surface area contributed by atoms with Crippen LogP contribution in [0.3, 0.4) is 0 Å². The number of hydrogen-bond donors (Lipinski definition) is 1. The first-order chi connectivity index (χ1) is 14.5. The Morgan fingerprint density at radius 2 is 1.94 bits per heavy atom. The van der Waals surface area contributed by atoms with Crippen LogP contribution in [-0.4, -0.2) is 55.3 Å². The maximum Gasteiger partial charge on any atom is 0.336 e. The van der Waals surface area contributed by atoms with Gasteiger partial charge in [-0.1, -0.05) is 35.3 Å². The Kier molecular flexibility index (Phi) is 8.65. The van der Waals surface area contributed by atoms with E-state index in [1.165, 1.54) is 7.11 Å². The summed E-state index contributed by atoms with van der Waals surface area (Å²) < 4.78 is 15.9. The molecule has 0 spiro atoms. The highest BCUT2D eigenvalue weighted by atomic mass is 35.5. The van der Waals surface area contributed by atoms with Crippen molar-refractivity contribution in [2.45, 2.75) is 39.2 Å². The number of carbonyl (C=O) groups is 2. The molecule has 0 amide bonds. The van der Waals surface area contributed by atoms with Crippen LogP contribution in [0.2, 0.25) is 10.0 Å². The monoisotopic (exact) mass is 471 g/mol. The molecule has 2 unspecified atom stereocenters. The van der Waals surface area contributed by atoms with Crippen LogP contribution in [0, 0.1) is 5.92 Å². The molecule has 1 heterocycles. The fraction of sp³-hybridized carbons (Fsp3) is 0.500. The lowest BCUT2D eigenvalue weighted by Crippen LogP contribution is -2.37. The van der Waals surface area contributed by atoms with Gasteiger partial charge in [-0.05, 0) is 39.3 Å². The number of esters is 2. The smallest absolute Gasteiger partial charge is 0.336 e. The Hall–Kier alpha value is -1.93. The zero-order chi connectivity index (χ0) is 23.3. The highest BCUT2D eigenvalue weighted by Crippen LogP contribution is 2.44. The Balaban J connectivity index is 2.69. The molecule has 2 rings (SSSR count). The molecule has 2 atom stereocenters. The zero-order valence-electron chi connectivity index (χ0n) is 18.2. The lowest BCUT2D eigenvalue weighted by molar-refractivity contribution is -0.144. The van der Waals surface area contributed by atoms with Crippen LogP contribution in [0.15, 0.2) is 34.5 Å². The van der Waals surface area contributed by atoms with Gasteiger partial charge in [-0.15, -0.1) is 0 Å². The summed E-state index contributed by atoms with van der Waals surface area (Å²) >= 11 is 12.7. The second-order valence-corrected chi connectivity index (χ2v) is 8.55. The standard InChI is InChI=1S/C22H27Cl2NO6/c1-6-31-21(27)18-15(10-30-11-22(3,4)28)25-12(2)16(20(26)29-5)17(18)13-8-7-9-14(23)19(13)24/h7-9,16-17,28H,6,10-11H2,1-5H3. The Morgan fingerprint density at radius 3 is 2.52 bits per heavy atom. The molecule has 170 valence electrons. The molecule has 0 aliphatic carbocycles. The molecule has 9 heteroatoms. The van der Waals surface area contributed by atoms with Crippen molar-refractivity contribution in [1.82, 2.24) is 0 Å². The minimum atomic E-state index is -1.07. The molecule has 1 N–H and O–H groups in total. The summed E-state index contributed by atoms with van der Waals surface area (Å²) in [5.41, 5.74) is 0.274. The number of aliphatic imine (C=N–C) groups is 1. The average Bonchev–Trinajstić information content (AvgIpc) is 2.68. The molecule has 0 bridgehead atoms. The number of ether oxygens (including phenoxy) is 3. The van der Waals surface area contributed by atoms with Gasteiger partial charge >= 0.3 is 11.9 Å². The molecule has 0 radical (unpaired) electrons. The summed E-state index contributed by atoms with van der Waals surface area (Å²) in [6, 6.07) is 5.00. The van der Waals surface area contributed by atoms with Gasteiger partial charge in [0.25, 0.3) is 0 Å². The van der Waals surface area contributed by atoms with E-state index >= 15 is 0 Å². The van der Waals surface area contributed by atoms with E-state index in [9.17, 15) is 14.7 Å². The maximum atomic E-state index is 13.0. The normalized spacial score (nSPS) is 19.2. The van der Waals surface area contributed by atoms with Gasteiger partial charge in [0.1, 0.15) is 5.92 Å². The Morgan fingerprint density at radius 1 is 1.26 bits per heavy atom. The zero-order valence-corrected chi connectivity index (χ0v) is 19.7. The van der Waals surface area contributed by atoms with Gasteiger partial charge in [0.15, 0.2) is 0 Å². The molecular weight excluding hydrogens is 445 g/mol. The van der Waals surface area contributed by atoms with E-state index in [2.05, 4.69) is 4.99 Å². The van der Waals surface area contributed by atoms with Crippen molar-refractivity contribution >= 4 is 40.9 Å². The Labute approximate surface area is 192 Å². The molecule has 1 aromatic carbocycles. The van der Waals surface area contributed by atoms with Crippen molar-refractivity contribution in [3.8, 4) is 0 Å². The van der Waals surface area contributed by atoms with Gasteiger partial charge in [-0.3, -0.25) is 9.79 Å². The first kappa shape index (κ1) is 25.3. The molecule has 1 aliphatic heterocycles. The Bertz CT molecular complexity index is 904. The summed E-state index contributed by atoms with van der Waals surface area (Å²) in [5.74, 6) is -2.95. The highest BCUT2D eigenvalue weighted by Gasteiger charge is 2.44. The van der Waals surface area contributed by atoms with E-state index in [1.54, 1.807) is 45.9 Å². The van der Waals surface area contributed by atoms with Gasteiger partial charge in [-0.25, -0.2) is 4.79 Å². The quantitative estimate of drug-likeness (QED) is 0.576. The highest BCUT2D eigenvalue weighted by molar-refractivity contribution is 6.42. The third-order valence-electron chi connectivity index (χ3n) is 4.68. The third-order valence-corrected chi connectivity index (χ3v) is 5.51. The van der Waals surface area contributed by atoms with Crippen molar-refractivity contribution in [3.63, 3.8) is 0 Å². The number of aliphatic hydroxyl groups is 1. The predicted octanol–water partition coefficient (Wildman–Crippen LogP) is 3.95. The van der Waals surface area contributed by atoms with E-state index in [1.807, 2.05) is 0 Å². The van der Waals surface area contributed by atoms with Crippen LogP contribution in [0.1, 0.15) is 39.2 Å². The fourth-order valence-electron chi connectivity index (χ4n) is 3.42. The second kappa shape index (κ2) is 10.6. The molecule has 7 nitrogen and oxygen atoms in total. The van der Waals surface area contributed by atoms with Crippen LogP contribution in [-0.2, 0) is 23.8 Å². The molecule has 31 heavy (non-hydrogen) atoms. The van der Waals surface area contributed by atoms with Crippen molar-refractivity contribution in [1.29, 1.82) is 0 Å². The minimum absolute atomic E-state index is 0.0180. The number of halogens is 2. The first-order valence-electron chi connectivity index (χ1n) is 9.79. The van der Waals surface area contributed by atoms with Gasteiger partial charge in [0.05, 0.1) is 53.8 Å². The SMILES string of the molecule is CCOC(=O)C1=C(COCC(C)(C)O)N=C(C)C(C(=O)OC)C1c1cccc(Cl)c1Cl. The summed E-state index contributed by atoms with van der Waals surface area (Å²) in [5, 5.41) is 10.4. The topological polar surface area (TPSA) is 94.4 Å². The molecule has 0 saturated heterocycles. The number of nitrogens with zero attached hydrogens (tertiary/aromatic N) is 1. The number of carbonyl (C=O) groups excluding carboxylic acids is 2. The van der Waals surface area contributed by atoms with Gasteiger partial charge in [0.2, 0.25) is 0 Å². The second-order valence-electron chi connectivity index (χ2n) is 7.76. The van der Waals surface area contributed by atoms with Crippen molar-refractivity contribution in [2.24, 2.45) is 10.9 Å². The number of methoxy groups -OCH3 is 1. The molecular formula is C22H27Cl2NO6. The van der Waals surface area contributed by atoms with E-state index in [0.29, 0.717) is 17.0 Å². The van der Waals surface area contributed by atoms with Crippen molar-refractivity contribution < 1.29 is 28.9 Å². The van der Waals surface area contributed by atoms with Gasteiger partial charge in [-0.2, -0.15) is 0 Å². The summed E-state index contributed by atoms with van der Waals surface area (Å²) in [6.07, 6.45) is 0. The van der Waals surface area contributed by atoms with Crippen LogP contribution in [0.4, 0.5) is 0 Å². The van der Waals surface area contributed by atoms with Crippen LogP contribution >= 0.6 is 23.2 Å². The number of rotatable bonds is 8. The van der Waals surface area contributed by atoms with E-state index in [4.69, 9.17) is 37.4 Å². The largest absolute Gasteiger partial charge is 0.468 e. The molecule has 0 aromatic heterocycles. The number of hydrogen-bond acceptors (Lipinski definition) is 7. The summed E-state index contributed by atoms with van der Waals surface area (Å²) in [7, 11) is 1.27. The van der Waals surface area contributed by atoms with E-state index in [-0.39, 0.29) is 35.4 Å². The summed E-state index contributed by atoms with van der Waals surface area (Å²) in [4.78, 5) is 30.2. The van der Waals surface area contributed by atoms with E-state index in [0.717, 1.165) is 0 Å². The van der Waals surface area contributed by atoms with Gasteiger partial charge in [0, 0.05) is 11.6 Å². The lowest BCUT2D eigenvalue weighted by Gasteiger charge is -2.32. The molecule has 1 aliphatic rings. The predicted molar refractivity (Wildman–Crippen MR) is 119 cm³/mol. The minimum Gasteiger partial charge on any atom is -0.468 e. The maximum absolute atomic E-state index is 13.0. The van der Waals surface area contributed by atoms with Crippen molar-refractivity contribution in [2.75, 3.05) is 26.9 Å². The lowest BCUT2D eigenvalue weighted by atomic mass is 9.75. The fourth-order valence-corrected chi connectivity index (χ4v) is 3.85. The number of benzene rings is 1. The van der Waals surface area contributed by atoms with E-state index < -0.39 is 29.4 Å². The summed E-state index contributed by atoms with van der Waals surface area (Å²) in [6.45, 7) is 6.63. The van der Waals surface area contributed by atoms with Crippen LogP contribution in [0.5, 0.6) is 0 Å². The van der Waals surface area contributed by atoms with Gasteiger partial charge < -0.3 is 19.3 Å². The van der Waals surface area contributed by atoms with Crippen LogP contribution < -0.4 is 0 Å². The molecule has 0 fully saturated rings. The van der Waals surface area contributed by atoms with Crippen molar-refractivity contribution in [3.05, 3.63) is 45.1 Å².